The van der Waals surface area contributed by atoms with Gasteiger partial charge in [-0.3, -0.25) is 37.3 Å². The van der Waals surface area contributed by atoms with Crippen LogP contribution < -0.4 is 0 Å². The summed E-state index contributed by atoms with van der Waals surface area (Å²) in [5.74, 6) is -0.546. The highest BCUT2D eigenvalue weighted by Crippen LogP contribution is 2.45. The first kappa shape index (κ1) is 97.1. The van der Waals surface area contributed by atoms with Crippen LogP contribution in [0.5, 0.6) is 0 Å². The minimum atomic E-state index is -4.96. The standard InChI is InChI=1S/C80H156O17P2/c1-7-10-12-14-16-18-20-21-22-25-29-32-35-39-45-51-57-63-78(83)91-68-75(96-79(84)64-58-52-46-40-36-33-30-27-24-23-26-28-31-34-37-43-49-55-61-73(6)9-3)70-94-98(86,87)92-66-74(81)67-93-99(88,89)95-71-76(97-80(85)65-59-53-47-41-42-48-54-60-72(4)5)69-90-77(82)62-56-50-44-38-19-17-15-13-11-8-2/h72-76,81H,7-71H2,1-6H3,(H,86,87)(H,88,89)/t73?,74-,75-,76-/m1/s1. The lowest BCUT2D eigenvalue weighted by Gasteiger charge is -2.21. The molecule has 6 atom stereocenters. The normalized spacial score (nSPS) is 14.2. The lowest BCUT2D eigenvalue weighted by molar-refractivity contribution is -0.161. The van der Waals surface area contributed by atoms with Gasteiger partial charge < -0.3 is 33.8 Å². The fourth-order valence-electron chi connectivity index (χ4n) is 12.3. The number of phosphoric ester groups is 2. The van der Waals surface area contributed by atoms with Crippen molar-refractivity contribution in [2.75, 3.05) is 39.6 Å². The Kier molecular flexibility index (Phi) is 70.3. The second-order valence-electron chi connectivity index (χ2n) is 29.5. The molecule has 0 aliphatic rings. The van der Waals surface area contributed by atoms with Gasteiger partial charge in [0, 0.05) is 25.7 Å². The number of aliphatic hydroxyl groups excluding tert-OH is 1. The quantitative estimate of drug-likeness (QED) is 0.0222. The highest BCUT2D eigenvalue weighted by atomic mass is 31.2. The average Bonchev–Trinajstić information content (AvgIpc) is 1.01. The first-order chi connectivity index (χ1) is 47.9. The van der Waals surface area contributed by atoms with Gasteiger partial charge in [0.15, 0.2) is 12.2 Å². The maximum atomic E-state index is 13.1. The molecule has 0 aliphatic carbocycles. The minimum absolute atomic E-state index is 0.104. The van der Waals surface area contributed by atoms with Gasteiger partial charge in [0.25, 0.3) is 0 Å². The van der Waals surface area contributed by atoms with Gasteiger partial charge in [-0.05, 0) is 37.5 Å². The van der Waals surface area contributed by atoms with E-state index in [1.165, 1.54) is 238 Å². The number of aliphatic hydroxyl groups is 1. The molecule has 99 heavy (non-hydrogen) atoms. The van der Waals surface area contributed by atoms with Crippen LogP contribution in [-0.4, -0.2) is 96.7 Å². The molecule has 588 valence electrons. The van der Waals surface area contributed by atoms with E-state index >= 15 is 0 Å². The Balaban J connectivity index is 5.18. The first-order valence-corrected chi connectivity index (χ1v) is 44.5. The van der Waals surface area contributed by atoms with Crippen LogP contribution in [-0.2, 0) is 65.4 Å². The van der Waals surface area contributed by atoms with E-state index in [0.717, 1.165) is 95.8 Å². The molecule has 0 radical (unpaired) electrons. The van der Waals surface area contributed by atoms with Crippen molar-refractivity contribution in [1.82, 2.24) is 0 Å². The minimum Gasteiger partial charge on any atom is -0.462 e. The number of unbranched alkanes of at least 4 members (excludes halogenated alkanes) is 48. The van der Waals surface area contributed by atoms with Crippen LogP contribution in [0.15, 0.2) is 0 Å². The highest BCUT2D eigenvalue weighted by Gasteiger charge is 2.30. The van der Waals surface area contributed by atoms with Gasteiger partial charge in [0.1, 0.15) is 19.3 Å². The molecule has 0 aromatic carbocycles. The SMILES string of the molecule is CCCCCCCCCCCCCCCCCCCC(=O)OC[C@H](COP(=O)(O)OC[C@@H](O)COP(=O)(O)OC[C@@H](COC(=O)CCCCCCCCCCCC)OC(=O)CCCCCCCCCC(C)C)OC(=O)CCCCCCCCCCCCCCCCCCCCC(C)CC. The van der Waals surface area contributed by atoms with Crippen LogP contribution in [0, 0.1) is 11.8 Å². The van der Waals surface area contributed by atoms with Crippen LogP contribution in [0.4, 0.5) is 0 Å². The number of rotatable bonds is 79. The molecule has 0 spiro atoms. The smallest absolute Gasteiger partial charge is 0.462 e. The maximum Gasteiger partial charge on any atom is 0.472 e. The third-order valence-corrected chi connectivity index (χ3v) is 21.0. The second-order valence-corrected chi connectivity index (χ2v) is 32.4. The summed E-state index contributed by atoms with van der Waals surface area (Å²) in [4.78, 5) is 72.9. The molecule has 0 saturated heterocycles. The van der Waals surface area contributed by atoms with Crippen LogP contribution in [0.25, 0.3) is 0 Å². The number of hydrogen-bond acceptors (Lipinski definition) is 15. The molecule has 3 N–H and O–H groups in total. The van der Waals surface area contributed by atoms with Crippen molar-refractivity contribution in [3.05, 3.63) is 0 Å². The summed E-state index contributed by atoms with van der Waals surface area (Å²) >= 11 is 0. The third-order valence-electron chi connectivity index (χ3n) is 19.1. The molecule has 0 amide bonds. The van der Waals surface area contributed by atoms with E-state index < -0.39 is 97.5 Å². The lowest BCUT2D eigenvalue weighted by Crippen LogP contribution is -2.30. The number of phosphoric acid groups is 2. The highest BCUT2D eigenvalue weighted by molar-refractivity contribution is 7.47. The summed E-state index contributed by atoms with van der Waals surface area (Å²) in [6, 6.07) is 0. The maximum absolute atomic E-state index is 13.1. The Morgan fingerprint density at radius 1 is 0.293 bits per heavy atom. The fourth-order valence-corrected chi connectivity index (χ4v) is 13.9. The molecule has 0 aromatic heterocycles. The average molecular weight is 1450 g/mol. The van der Waals surface area contributed by atoms with Gasteiger partial charge >= 0.3 is 39.5 Å². The number of hydrogen-bond donors (Lipinski definition) is 3. The Labute approximate surface area is 607 Å². The molecule has 19 heteroatoms. The molecular weight excluding hydrogens is 1290 g/mol. The van der Waals surface area contributed by atoms with Crippen molar-refractivity contribution < 1.29 is 80.2 Å². The van der Waals surface area contributed by atoms with Crippen molar-refractivity contribution >= 4 is 39.5 Å². The Morgan fingerprint density at radius 3 is 0.768 bits per heavy atom. The van der Waals surface area contributed by atoms with E-state index in [1.54, 1.807) is 0 Å². The Hall–Kier alpha value is -1.94. The summed E-state index contributed by atoms with van der Waals surface area (Å²) in [5.41, 5.74) is 0. The van der Waals surface area contributed by atoms with Crippen molar-refractivity contribution in [3.8, 4) is 0 Å². The zero-order valence-corrected chi connectivity index (χ0v) is 66.6. The van der Waals surface area contributed by atoms with E-state index in [9.17, 15) is 43.2 Å². The molecule has 0 aromatic rings. The van der Waals surface area contributed by atoms with E-state index in [0.29, 0.717) is 31.6 Å². The molecule has 3 unspecified atom stereocenters. The third kappa shape index (κ3) is 72.8. The van der Waals surface area contributed by atoms with Gasteiger partial charge in [0.05, 0.1) is 26.4 Å². The summed E-state index contributed by atoms with van der Waals surface area (Å²) in [6.07, 6.45) is 61.2. The summed E-state index contributed by atoms with van der Waals surface area (Å²) in [6.45, 7) is 9.62. The zero-order chi connectivity index (χ0) is 72.8. The second kappa shape index (κ2) is 71.7. The molecule has 0 aliphatic heterocycles. The summed E-state index contributed by atoms with van der Waals surface area (Å²) in [5, 5.41) is 10.6. The first-order valence-electron chi connectivity index (χ1n) is 41.5. The van der Waals surface area contributed by atoms with Gasteiger partial charge in [-0.25, -0.2) is 9.13 Å². The van der Waals surface area contributed by atoms with Gasteiger partial charge in [0.2, 0.25) is 0 Å². The predicted molar refractivity (Wildman–Crippen MR) is 405 cm³/mol. The molecule has 0 heterocycles. The number of carbonyl (C=O) groups excluding carboxylic acids is 4. The van der Waals surface area contributed by atoms with Crippen LogP contribution in [0.3, 0.4) is 0 Å². The molecule has 0 bridgehead atoms. The monoisotopic (exact) mass is 1450 g/mol. The van der Waals surface area contributed by atoms with Crippen molar-refractivity contribution in [2.24, 2.45) is 11.8 Å². The van der Waals surface area contributed by atoms with E-state index in [2.05, 4.69) is 41.5 Å². The van der Waals surface area contributed by atoms with Gasteiger partial charge in [-0.15, -0.1) is 0 Å². The van der Waals surface area contributed by atoms with Crippen molar-refractivity contribution in [3.63, 3.8) is 0 Å². The van der Waals surface area contributed by atoms with E-state index in [-0.39, 0.29) is 25.7 Å². The van der Waals surface area contributed by atoms with Crippen LogP contribution in [0.1, 0.15) is 420 Å². The topological polar surface area (TPSA) is 237 Å². The number of esters is 4. The molecular formula is C80H156O17P2. The van der Waals surface area contributed by atoms with Crippen molar-refractivity contribution in [1.29, 1.82) is 0 Å². The molecule has 0 rings (SSSR count). The molecule has 0 fully saturated rings. The number of carbonyl (C=O) groups is 4. The predicted octanol–water partition coefficient (Wildman–Crippen LogP) is 23.9. The molecule has 0 saturated carbocycles. The fraction of sp³-hybridized carbons (Fsp3) is 0.950. The Bertz CT molecular complexity index is 1910. The van der Waals surface area contributed by atoms with E-state index in [4.69, 9.17) is 37.0 Å². The Morgan fingerprint density at radius 2 is 0.515 bits per heavy atom. The lowest BCUT2D eigenvalue weighted by atomic mass is 9.99. The summed E-state index contributed by atoms with van der Waals surface area (Å²) in [7, 11) is -9.91. The van der Waals surface area contributed by atoms with Crippen molar-refractivity contribution in [2.45, 2.75) is 439 Å². The molecule has 17 nitrogen and oxygen atoms in total. The van der Waals surface area contributed by atoms with Gasteiger partial charge in [-0.1, -0.05) is 369 Å². The van der Waals surface area contributed by atoms with Crippen LogP contribution >= 0.6 is 15.6 Å². The number of ether oxygens (including phenoxy) is 4. The van der Waals surface area contributed by atoms with Crippen LogP contribution in [0.2, 0.25) is 0 Å². The zero-order valence-electron chi connectivity index (χ0n) is 64.8. The van der Waals surface area contributed by atoms with E-state index in [1.807, 2.05) is 0 Å². The van der Waals surface area contributed by atoms with Gasteiger partial charge in [-0.2, -0.15) is 0 Å². The largest absolute Gasteiger partial charge is 0.472 e. The summed E-state index contributed by atoms with van der Waals surface area (Å²) < 4.78 is 68.6.